The van der Waals surface area contributed by atoms with Crippen molar-refractivity contribution in [3.8, 4) is 11.3 Å². The maximum atomic E-state index is 12.9. The molecule has 0 aliphatic rings. The highest BCUT2D eigenvalue weighted by atomic mass is 79.9. The van der Waals surface area contributed by atoms with Crippen molar-refractivity contribution in [2.24, 2.45) is 0 Å². The molecule has 0 saturated heterocycles. The summed E-state index contributed by atoms with van der Waals surface area (Å²) in [6.45, 7) is 0. The zero-order valence-corrected chi connectivity index (χ0v) is 18.4. The number of rotatable bonds is 4. The van der Waals surface area contributed by atoms with Crippen LogP contribution in [0.5, 0.6) is 0 Å². The molecule has 8 heteroatoms. The highest BCUT2D eigenvalue weighted by Gasteiger charge is 2.12. The first kappa shape index (κ1) is 19.6. The van der Waals surface area contributed by atoms with Crippen LogP contribution in [0.2, 0.25) is 0 Å². The van der Waals surface area contributed by atoms with Gasteiger partial charge in [-0.1, -0.05) is 75.8 Å². The molecular formula is C23H14BrN3O3S. The molecule has 0 fully saturated rings. The number of aromatic nitrogens is 3. The predicted octanol–water partition coefficient (Wildman–Crippen LogP) is 3.67. The average molecular weight is 492 g/mol. The Hall–Kier alpha value is -3.36. The molecule has 3 heterocycles. The van der Waals surface area contributed by atoms with E-state index >= 15 is 0 Å². The van der Waals surface area contributed by atoms with E-state index in [-0.39, 0.29) is 16.2 Å². The summed E-state index contributed by atoms with van der Waals surface area (Å²) in [4.78, 5) is 29.6. The van der Waals surface area contributed by atoms with Crippen LogP contribution in [0.15, 0.2) is 85.2 Å². The van der Waals surface area contributed by atoms with Crippen molar-refractivity contribution in [2.75, 3.05) is 0 Å². The van der Waals surface area contributed by atoms with Crippen LogP contribution in [0.1, 0.15) is 17.0 Å². The number of thiazole rings is 1. The first-order chi connectivity index (χ1) is 15.1. The second-order valence-corrected chi connectivity index (χ2v) is 8.68. The van der Waals surface area contributed by atoms with Crippen LogP contribution in [0.4, 0.5) is 0 Å². The number of hydrogen-bond donors (Lipinski definition) is 0. The highest BCUT2D eigenvalue weighted by Crippen LogP contribution is 2.29. The van der Waals surface area contributed by atoms with Crippen LogP contribution in [-0.2, 0) is 6.42 Å². The molecule has 152 valence electrons. The first-order valence-electron chi connectivity index (χ1n) is 9.41. The van der Waals surface area contributed by atoms with E-state index in [9.17, 15) is 9.59 Å². The minimum absolute atomic E-state index is 0.236. The number of hydrogen-bond acceptors (Lipinski definition) is 6. The van der Waals surface area contributed by atoms with Crippen molar-refractivity contribution in [3.05, 3.63) is 113 Å². The average Bonchev–Trinajstić information content (AvgIpc) is 3.35. The fraction of sp³-hybridized carbons (Fsp3) is 0.0435. The lowest BCUT2D eigenvalue weighted by atomic mass is 10.1. The van der Waals surface area contributed by atoms with Gasteiger partial charge in [0.2, 0.25) is 4.96 Å². The highest BCUT2D eigenvalue weighted by molar-refractivity contribution is 9.10. The summed E-state index contributed by atoms with van der Waals surface area (Å²) in [5.74, 6) is 1.21. The third-order valence-corrected chi connectivity index (χ3v) is 6.35. The number of fused-ring (bicyclic) bond motifs is 1. The quantitative estimate of drug-likeness (QED) is 0.383. The van der Waals surface area contributed by atoms with Crippen LogP contribution in [0.25, 0.3) is 22.4 Å². The molecule has 0 aliphatic heterocycles. The second-order valence-electron chi connectivity index (χ2n) is 6.82. The van der Waals surface area contributed by atoms with Crippen molar-refractivity contribution in [1.29, 1.82) is 0 Å². The van der Waals surface area contributed by atoms with Gasteiger partial charge in [0, 0.05) is 22.5 Å². The molecule has 0 amide bonds. The predicted molar refractivity (Wildman–Crippen MR) is 123 cm³/mol. The van der Waals surface area contributed by atoms with Gasteiger partial charge in [-0.25, -0.2) is 0 Å². The van der Waals surface area contributed by atoms with E-state index in [2.05, 4.69) is 26.0 Å². The van der Waals surface area contributed by atoms with E-state index in [4.69, 9.17) is 4.42 Å². The van der Waals surface area contributed by atoms with E-state index in [0.717, 1.165) is 26.9 Å². The van der Waals surface area contributed by atoms with E-state index in [1.54, 1.807) is 12.1 Å². The molecule has 31 heavy (non-hydrogen) atoms. The van der Waals surface area contributed by atoms with Crippen molar-refractivity contribution in [2.45, 2.75) is 6.42 Å². The lowest BCUT2D eigenvalue weighted by Crippen LogP contribution is -2.28. The van der Waals surface area contributed by atoms with Crippen molar-refractivity contribution >= 4 is 38.3 Å². The normalized spacial score (nSPS) is 12.0. The standard InChI is InChI=1S/C23H14BrN3O3S/c24-17-9-5-4-8-16(17)19-11-10-15(30-19)13-20-22(29)27-23(31-20)25-21(28)18(26-27)12-14-6-2-1-3-7-14/h1-11,13H,12H2. The fourth-order valence-corrected chi connectivity index (χ4v) is 4.57. The van der Waals surface area contributed by atoms with Gasteiger partial charge in [-0.15, -0.1) is 0 Å². The topological polar surface area (TPSA) is 77.5 Å². The van der Waals surface area contributed by atoms with Crippen LogP contribution in [0.3, 0.4) is 0 Å². The summed E-state index contributed by atoms with van der Waals surface area (Å²) in [6, 6.07) is 20.9. The molecule has 5 aromatic rings. The van der Waals surface area contributed by atoms with Gasteiger partial charge in [-0.05, 0) is 23.8 Å². The monoisotopic (exact) mass is 491 g/mol. The zero-order chi connectivity index (χ0) is 21.4. The third kappa shape index (κ3) is 3.87. The summed E-state index contributed by atoms with van der Waals surface area (Å²) in [6.07, 6.45) is 1.96. The molecular weight excluding hydrogens is 478 g/mol. The largest absolute Gasteiger partial charge is 0.457 e. The molecule has 0 radical (unpaired) electrons. The molecule has 0 N–H and O–H groups in total. The van der Waals surface area contributed by atoms with Crippen molar-refractivity contribution < 1.29 is 4.42 Å². The Morgan fingerprint density at radius 2 is 1.77 bits per heavy atom. The van der Waals surface area contributed by atoms with Gasteiger partial charge in [0.1, 0.15) is 21.7 Å². The molecule has 0 bridgehead atoms. The van der Waals surface area contributed by atoms with Gasteiger partial charge in [0.25, 0.3) is 11.1 Å². The van der Waals surface area contributed by atoms with Crippen LogP contribution in [0, 0.1) is 0 Å². The maximum absolute atomic E-state index is 12.9. The van der Waals surface area contributed by atoms with E-state index in [1.807, 2.05) is 60.7 Å². The summed E-state index contributed by atoms with van der Waals surface area (Å²) in [5.41, 5.74) is 1.32. The molecule has 0 unspecified atom stereocenters. The molecule has 0 spiro atoms. The molecule has 3 aromatic heterocycles. The van der Waals surface area contributed by atoms with E-state index < -0.39 is 5.56 Å². The van der Waals surface area contributed by atoms with Crippen LogP contribution >= 0.6 is 27.3 Å². The number of halogens is 1. The van der Waals surface area contributed by atoms with Crippen LogP contribution in [-0.4, -0.2) is 14.6 Å². The summed E-state index contributed by atoms with van der Waals surface area (Å²) in [5, 5.41) is 4.28. The van der Waals surface area contributed by atoms with Gasteiger partial charge in [0.15, 0.2) is 0 Å². The molecule has 6 nitrogen and oxygen atoms in total. The lowest BCUT2D eigenvalue weighted by molar-refractivity contribution is 0.571. The van der Waals surface area contributed by atoms with Crippen molar-refractivity contribution in [3.63, 3.8) is 0 Å². The van der Waals surface area contributed by atoms with Gasteiger partial charge in [0.05, 0.1) is 0 Å². The Kier molecular flexibility index (Phi) is 5.09. The SMILES string of the molecule is O=c1nc2sc(=Cc3ccc(-c4ccccc4Br)o3)c(=O)n2nc1Cc1ccccc1. The Balaban J connectivity index is 1.55. The number of furan rings is 1. The third-order valence-electron chi connectivity index (χ3n) is 4.70. The van der Waals surface area contributed by atoms with Gasteiger partial charge in [-0.2, -0.15) is 14.6 Å². The summed E-state index contributed by atoms with van der Waals surface area (Å²) < 4.78 is 8.40. The van der Waals surface area contributed by atoms with Gasteiger partial charge in [-0.3, -0.25) is 9.59 Å². The smallest absolute Gasteiger partial charge is 0.296 e. The van der Waals surface area contributed by atoms with Crippen LogP contribution < -0.4 is 15.7 Å². The minimum Gasteiger partial charge on any atom is -0.457 e. The molecule has 0 saturated carbocycles. The molecule has 2 aromatic carbocycles. The fourth-order valence-electron chi connectivity index (χ4n) is 3.21. The Bertz CT molecular complexity index is 1570. The van der Waals surface area contributed by atoms with Crippen molar-refractivity contribution in [1.82, 2.24) is 14.6 Å². The van der Waals surface area contributed by atoms with Gasteiger partial charge < -0.3 is 4.42 Å². The maximum Gasteiger partial charge on any atom is 0.296 e. The summed E-state index contributed by atoms with van der Waals surface area (Å²) >= 11 is 4.62. The van der Waals surface area contributed by atoms with Gasteiger partial charge >= 0.3 is 0 Å². The lowest BCUT2D eigenvalue weighted by Gasteiger charge is -1.99. The van der Waals surface area contributed by atoms with E-state index in [0.29, 0.717) is 22.5 Å². The molecule has 0 atom stereocenters. The number of nitrogens with zero attached hydrogens (tertiary/aromatic N) is 3. The number of benzene rings is 2. The minimum atomic E-state index is -0.425. The first-order valence-corrected chi connectivity index (χ1v) is 11.0. The second kappa shape index (κ2) is 8.05. The molecule has 5 rings (SSSR count). The Morgan fingerprint density at radius 3 is 2.58 bits per heavy atom. The van der Waals surface area contributed by atoms with E-state index in [1.165, 1.54) is 4.52 Å². The zero-order valence-electron chi connectivity index (χ0n) is 16.0. The Morgan fingerprint density at radius 1 is 1.00 bits per heavy atom. The molecule has 0 aliphatic carbocycles. The summed E-state index contributed by atoms with van der Waals surface area (Å²) in [7, 11) is 0. The Labute approximate surface area is 188 Å².